The summed E-state index contributed by atoms with van der Waals surface area (Å²) in [6, 6.07) is 3.40. The van der Waals surface area contributed by atoms with Gasteiger partial charge in [-0.1, -0.05) is 68.2 Å². The van der Waals surface area contributed by atoms with E-state index < -0.39 is 31.3 Å². The van der Waals surface area contributed by atoms with Gasteiger partial charge in [-0.15, -0.1) is 0 Å². The number of ether oxygens (including phenoxy) is 3. The summed E-state index contributed by atoms with van der Waals surface area (Å²) < 4.78 is 30.9. The molecule has 0 spiro atoms. The van der Waals surface area contributed by atoms with E-state index in [9.17, 15) is 9.59 Å². The molecule has 2 bridgehead atoms. The first-order valence-corrected chi connectivity index (χ1v) is 19.1. The SMILES string of the molecule is CCCC[C@@]12[C@@H](OCOC)C[C@@H]([C@@H]([C@H](C)c3ccco3)C(=O)[C@@H]1CCO[Si](C(C)C)(C(C)C)C(C)C)N2C(=O)OC(C)(C)C. The first-order valence-electron chi connectivity index (χ1n) is 16.9. The number of carbonyl (C=O) groups excluding carboxylic acids is 2. The molecule has 44 heavy (non-hydrogen) atoms. The summed E-state index contributed by atoms with van der Waals surface area (Å²) in [6.45, 7) is 24.1. The maximum absolute atomic E-state index is 15.0. The molecular formula is C35H61NO7Si. The van der Waals surface area contributed by atoms with Gasteiger partial charge in [0.25, 0.3) is 0 Å². The van der Waals surface area contributed by atoms with Crippen LogP contribution in [0.5, 0.6) is 0 Å². The molecule has 0 unspecified atom stereocenters. The van der Waals surface area contributed by atoms with Gasteiger partial charge in [0.15, 0.2) is 8.32 Å². The molecule has 1 aromatic rings. The molecule has 1 aromatic heterocycles. The van der Waals surface area contributed by atoms with Crippen LogP contribution in [0.2, 0.25) is 16.6 Å². The van der Waals surface area contributed by atoms with E-state index >= 15 is 0 Å². The van der Waals surface area contributed by atoms with Crippen molar-refractivity contribution in [2.24, 2.45) is 11.8 Å². The highest BCUT2D eigenvalue weighted by molar-refractivity contribution is 6.77. The molecule has 0 aromatic carbocycles. The minimum Gasteiger partial charge on any atom is -0.469 e. The van der Waals surface area contributed by atoms with Crippen molar-refractivity contribution >= 4 is 20.2 Å². The van der Waals surface area contributed by atoms with Crippen molar-refractivity contribution in [2.75, 3.05) is 20.5 Å². The van der Waals surface area contributed by atoms with Crippen LogP contribution >= 0.6 is 0 Å². The number of hydrogen-bond acceptors (Lipinski definition) is 7. The van der Waals surface area contributed by atoms with Crippen molar-refractivity contribution in [3.63, 3.8) is 0 Å². The topological polar surface area (TPSA) is 87.4 Å². The maximum atomic E-state index is 15.0. The van der Waals surface area contributed by atoms with Crippen molar-refractivity contribution in [2.45, 2.75) is 154 Å². The highest BCUT2D eigenvalue weighted by atomic mass is 28.4. The number of furan rings is 1. The van der Waals surface area contributed by atoms with Crippen LogP contribution in [0.25, 0.3) is 0 Å². The fraction of sp³-hybridized carbons (Fsp3) is 0.829. The van der Waals surface area contributed by atoms with E-state index in [-0.39, 0.29) is 36.7 Å². The molecule has 6 atom stereocenters. The zero-order valence-electron chi connectivity index (χ0n) is 29.6. The second kappa shape index (κ2) is 14.8. The lowest BCUT2D eigenvalue weighted by molar-refractivity contribution is -0.158. The molecule has 0 N–H and O–H groups in total. The molecule has 252 valence electrons. The molecule has 2 aliphatic heterocycles. The molecule has 0 saturated carbocycles. The van der Waals surface area contributed by atoms with Gasteiger partial charge in [-0.25, -0.2) is 4.79 Å². The van der Waals surface area contributed by atoms with Crippen LogP contribution in [0.3, 0.4) is 0 Å². The number of ketones is 1. The first kappa shape index (κ1) is 36.8. The Kier molecular flexibility index (Phi) is 12.4. The lowest BCUT2D eigenvalue weighted by Gasteiger charge is -2.53. The van der Waals surface area contributed by atoms with Gasteiger partial charge in [-0.3, -0.25) is 9.69 Å². The van der Waals surface area contributed by atoms with Crippen LogP contribution in [0, 0.1) is 11.8 Å². The highest BCUT2D eigenvalue weighted by Crippen LogP contribution is 2.56. The second-order valence-corrected chi connectivity index (χ2v) is 20.5. The lowest BCUT2D eigenvalue weighted by Crippen LogP contribution is -2.68. The average Bonchev–Trinajstić information content (AvgIpc) is 3.54. The van der Waals surface area contributed by atoms with Gasteiger partial charge in [-0.2, -0.15) is 0 Å². The third-order valence-corrected chi connectivity index (χ3v) is 16.5. The van der Waals surface area contributed by atoms with Crippen LogP contribution in [0.15, 0.2) is 22.8 Å². The number of rotatable bonds is 15. The normalized spacial score (nSPS) is 26.7. The Morgan fingerprint density at radius 1 is 1.11 bits per heavy atom. The summed E-state index contributed by atoms with van der Waals surface area (Å²) in [7, 11) is -0.571. The van der Waals surface area contributed by atoms with Gasteiger partial charge in [0.05, 0.1) is 17.9 Å². The van der Waals surface area contributed by atoms with Gasteiger partial charge in [0, 0.05) is 37.5 Å². The molecule has 8 nitrogen and oxygen atoms in total. The van der Waals surface area contributed by atoms with Gasteiger partial charge in [0.1, 0.15) is 23.9 Å². The molecule has 0 radical (unpaired) electrons. The molecule has 2 saturated heterocycles. The third kappa shape index (κ3) is 7.01. The predicted octanol–water partition coefficient (Wildman–Crippen LogP) is 8.71. The van der Waals surface area contributed by atoms with E-state index in [2.05, 4.69) is 48.5 Å². The minimum absolute atomic E-state index is 0.0906. The summed E-state index contributed by atoms with van der Waals surface area (Å²) >= 11 is 0. The summed E-state index contributed by atoms with van der Waals surface area (Å²) in [5, 5.41) is 0. The Morgan fingerprint density at radius 3 is 2.25 bits per heavy atom. The molecule has 3 heterocycles. The molecule has 3 rings (SSSR count). The van der Waals surface area contributed by atoms with Crippen molar-refractivity contribution in [1.82, 2.24) is 4.90 Å². The molecule has 9 heteroatoms. The summed E-state index contributed by atoms with van der Waals surface area (Å²) in [6.07, 6.45) is 4.37. The zero-order valence-corrected chi connectivity index (χ0v) is 30.6. The maximum Gasteiger partial charge on any atom is 0.411 e. The number of amides is 1. The van der Waals surface area contributed by atoms with E-state index in [1.54, 1.807) is 13.4 Å². The van der Waals surface area contributed by atoms with Crippen LogP contribution in [-0.4, -0.2) is 68.9 Å². The van der Waals surface area contributed by atoms with Crippen LogP contribution < -0.4 is 0 Å². The average molecular weight is 636 g/mol. The molecule has 0 aliphatic carbocycles. The second-order valence-electron chi connectivity index (χ2n) is 15.0. The van der Waals surface area contributed by atoms with Crippen LogP contribution in [-0.2, 0) is 23.4 Å². The van der Waals surface area contributed by atoms with Crippen molar-refractivity contribution in [3.05, 3.63) is 24.2 Å². The third-order valence-electron chi connectivity index (χ3n) is 10.4. The number of Topliss-reactive ketones (excluding diaryl/α,β-unsaturated/α-hetero) is 1. The number of methoxy groups -OCH3 is 1. The summed E-state index contributed by atoms with van der Waals surface area (Å²) in [5.74, 6) is -0.255. The van der Waals surface area contributed by atoms with Gasteiger partial charge in [-0.05, 0) is 68.8 Å². The fourth-order valence-electron chi connectivity index (χ4n) is 8.81. The number of nitrogens with zero attached hydrogens (tertiary/aromatic N) is 1. The van der Waals surface area contributed by atoms with Gasteiger partial charge < -0.3 is 23.1 Å². The molecule has 2 aliphatic rings. The van der Waals surface area contributed by atoms with Crippen LogP contribution in [0.1, 0.15) is 120 Å². The molecular weight excluding hydrogens is 574 g/mol. The number of fused-ring (bicyclic) bond motifs is 2. The van der Waals surface area contributed by atoms with E-state index in [4.69, 9.17) is 23.1 Å². The quantitative estimate of drug-likeness (QED) is 0.141. The Morgan fingerprint density at radius 2 is 1.75 bits per heavy atom. The largest absolute Gasteiger partial charge is 0.469 e. The standard InChI is InChI=1S/C35H61NO7Si/c1-13-14-18-35-27(17-20-42-44(23(2)3,24(4)5)25(6)7)32(37)31(26(8)29-16-15-19-40-29)28(21-30(35)41-22-39-12)36(35)33(38)43-34(9,10)11/h15-16,19,23-28,30-31H,13-14,17-18,20-22H2,1-12H3/t26-,27+,28+,30+,31-,35+/m1/s1. The monoisotopic (exact) mass is 635 g/mol. The number of hydrogen-bond donors (Lipinski definition) is 0. The first-order chi connectivity index (χ1) is 20.6. The van der Waals surface area contributed by atoms with E-state index in [0.29, 0.717) is 42.5 Å². The Labute approximate surface area is 268 Å². The van der Waals surface area contributed by atoms with Crippen molar-refractivity contribution < 1.29 is 32.6 Å². The van der Waals surface area contributed by atoms with Crippen molar-refractivity contribution in [1.29, 1.82) is 0 Å². The fourth-order valence-corrected chi connectivity index (χ4v) is 14.3. The lowest BCUT2D eigenvalue weighted by atomic mass is 9.66. The number of carbonyl (C=O) groups is 2. The number of unbranched alkanes of at least 4 members (excludes halogenated alkanes) is 1. The van der Waals surface area contributed by atoms with E-state index in [1.807, 2.05) is 44.7 Å². The highest BCUT2D eigenvalue weighted by Gasteiger charge is 2.69. The van der Waals surface area contributed by atoms with E-state index in [1.165, 1.54) is 0 Å². The van der Waals surface area contributed by atoms with E-state index in [0.717, 1.165) is 18.6 Å². The predicted molar refractivity (Wildman–Crippen MR) is 176 cm³/mol. The number of piperidine rings is 1. The minimum atomic E-state index is -2.18. The zero-order chi connectivity index (χ0) is 33.0. The van der Waals surface area contributed by atoms with Crippen molar-refractivity contribution in [3.8, 4) is 0 Å². The van der Waals surface area contributed by atoms with Gasteiger partial charge >= 0.3 is 6.09 Å². The Bertz CT molecular complexity index is 1040. The molecule has 2 fully saturated rings. The molecule has 1 amide bonds. The Hall–Kier alpha value is -1.68. The van der Waals surface area contributed by atoms with Crippen LogP contribution in [0.4, 0.5) is 4.79 Å². The summed E-state index contributed by atoms with van der Waals surface area (Å²) in [5.41, 5.74) is -0.268. The summed E-state index contributed by atoms with van der Waals surface area (Å²) in [4.78, 5) is 31.2. The smallest absolute Gasteiger partial charge is 0.411 e. The van der Waals surface area contributed by atoms with Gasteiger partial charge in [0.2, 0.25) is 0 Å². The Balaban J connectivity index is 2.18.